The number of hydrogen-bond acceptors (Lipinski definition) is 5. The third-order valence-corrected chi connectivity index (χ3v) is 3.51. The highest BCUT2D eigenvalue weighted by Crippen LogP contribution is 2.24. The number of anilines is 2. The van der Waals surface area contributed by atoms with Gasteiger partial charge in [0.15, 0.2) is 5.58 Å². The van der Waals surface area contributed by atoms with E-state index in [1.807, 2.05) is 0 Å². The topological polar surface area (TPSA) is 82.1 Å². The molecule has 0 spiro atoms. The summed E-state index contributed by atoms with van der Waals surface area (Å²) in [7, 11) is 3.14. The van der Waals surface area contributed by atoms with Crippen LogP contribution in [0.15, 0.2) is 38.4 Å². The Bertz CT molecular complexity index is 954. The minimum absolute atomic E-state index is 0.0436. The molecule has 8 heteroatoms. The summed E-state index contributed by atoms with van der Waals surface area (Å²) in [4.78, 5) is 23.2. The molecule has 0 aliphatic carbocycles. The van der Waals surface area contributed by atoms with Crippen LogP contribution in [0.3, 0.4) is 0 Å². The van der Waals surface area contributed by atoms with Crippen molar-refractivity contribution in [1.82, 2.24) is 14.3 Å². The van der Waals surface area contributed by atoms with Gasteiger partial charge in [0.25, 0.3) is 5.56 Å². The first-order valence-corrected chi connectivity index (χ1v) is 6.43. The lowest BCUT2D eigenvalue weighted by Gasteiger charge is -2.08. The van der Waals surface area contributed by atoms with Crippen LogP contribution in [-0.2, 0) is 14.1 Å². The van der Waals surface area contributed by atoms with Crippen LogP contribution < -0.4 is 16.6 Å². The summed E-state index contributed by atoms with van der Waals surface area (Å²) in [5, 5.41) is 6.92. The zero-order chi connectivity index (χ0) is 15.1. The molecule has 2 heterocycles. The molecule has 1 N–H and O–H groups in total. The molecule has 3 aromatic rings. The molecular weight excluding hydrogens is 296 g/mol. The maximum absolute atomic E-state index is 11.7. The number of fused-ring (bicyclic) bond motifs is 1. The predicted molar refractivity (Wildman–Crippen MR) is 79.2 cm³/mol. The van der Waals surface area contributed by atoms with Gasteiger partial charge >= 0.3 is 5.76 Å². The van der Waals surface area contributed by atoms with Crippen LogP contribution in [0.25, 0.3) is 11.1 Å². The van der Waals surface area contributed by atoms with Gasteiger partial charge < -0.3 is 9.73 Å². The second-order valence-electron chi connectivity index (χ2n) is 4.54. The fourth-order valence-corrected chi connectivity index (χ4v) is 2.18. The van der Waals surface area contributed by atoms with Gasteiger partial charge in [0, 0.05) is 25.8 Å². The summed E-state index contributed by atoms with van der Waals surface area (Å²) < 4.78 is 7.66. The molecule has 0 amide bonds. The van der Waals surface area contributed by atoms with Crippen LogP contribution in [0, 0.1) is 0 Å². The Morgan fingerprint density at radius 1 is 1.29 bits per heavy atom. The second kappa shape index (κ2) is 4.78. The largest absolute Gasteiger partial charge is 0.419 e. The molecule has 0 atom stereocenters. The molecule has 0 saturated heterocycles. The van der Waals surface area contributed by atoms with Gasteiger partial charge in [-0.25, -0.2) is 9.48 Å². The SMILES string of the molecule is Cn1ncc(Nc2ccc3c(c2)oc(=O)n3C)c(Cl)c1=O. The van der Waals surface area contributed by atoms with Crippen molar-refractivity contribution in [1.29, 1.82) is 0 Å². The molecule has 0 radical (unpaired) electrons. The number of aromatic nitrogens is 3. The van der Waals surface area contributed by atoms with Gasteiger partial charge in [-0.05, 0) is 12.1 Å². The first kappa shape index (κ1) is 13.4. The van der Waals surface area contributed by atoms with Gasteiger partial charge in [-0.2, -0.15) is 5.10 Å². The first-order valence-electron chi connectivity index (χ1n) is 6.06. The number of oxazole rings is 1. The number of nitrogens with one attached hydrogen (secondary N) is 1. The summed E-state index contributed by atoms with van der Waals surface area (Å²) in [5.74, 6) is -0.435. The maximum Gasteiger partial charge on any atom is 0.419 e. The summed E-state index contributed by atoms with van der Waals surface area (Å²) in [6.07, 6.45) is 1.45. The molecule has 0 aliphatic heterocycles. The van der Waals surface area contributed by atoms with E-state index in [-0.39, 0.29) is 5.02 Å². The molecule has 1 aromatic carbocycles. The third kappa shape index (κ3) is 2.21. The molecule has 0 unspecified atom stereocenters. The minimum Gasteiger partial charge on any atom is -0.408 e. The highest BCUT2D eigenvalue weighted by molar-refractivity contribution is 6.33. The second-order valence-corrected chi connectivity index (χ2v) is 4.91. The Morgan fingerprint density at radius 2 is 2.05 bits per heavy atom. The molecule has 0 aliphatic rings. The van der Waals surface area contributed by atoms with Crippen LogP contribution in [0.5, 0.6) is 0 Å². The van der Waals surface area contributed by atoms with E-state index in [4.69, 9.17) is 16.0 Å². The Balaban J connectivity index is 2.04. The summed E-state index contributed by atoms with van der Waals surface area (Å²) in [5.41, 5.74) is 1.75. The van der Waals surface area contributed by atoms with Crippen LogP contribution in [-0.4, -0.2) is 14.3 Å². The number of hydrogen-bond donors (Lipinski definition) is 1. The Labute approximate surface area is 123 Å². The van der Waals surface area contributed by atoms with Gasteiger partial charge in [-0.3, -0.25) is 9.36 Å². The van der Waals surface area contributed by atoms with Crippen molar-refractivity contribution >= 4 is 34.1 Å². The van der Waals surface area contributed by atoms with E-state index in [0.29, 0.717) is 22.5 Å². The van der Waals surface area contributed by atoms with E-state index in [0.717, 1.165) is 4.68 Å². The van der Waals surface area contributed by atoms with Crippen LogP contribution >= 0.6 is 11.6 Å². The van der Waals surface area contributed by atoms with E-state index < -0.39 is 11.3 Å². The number of rotatable bonds is 2. The fourth-order valence-electron chi connectivity index (χ4n) is 1.96. The van der Waals surface area contributed by atoms with Crippen molar-refractivity contribution in [2.45, 2.75) is 0 Å². The van der Waals surface area contributed by atoms with Crippen LogP contribution in [0.2, 0.25) is 5.02 Å². The zero-order valence-electron chi connectivity index (χ0n) is 11.3. The summed E-state index contributed by atoms with van der Waals surface area (Å²) >= 11 is 5.98. The molecule has 0 saturated carbocycles. The van der Waals surface area contributed by atoms with Gasteiger partial charge in [0.1, 0.15) is 5.02 Å². The Morgan fingerprint density at radius 3 is 2.81 bits per heavy atom. The maximum atomic E-state index is 11.7. The molecule has 2 aromatic heterocycles. The number of aryl methyl sites for hydroxylation is 2. The third-order valence-electron chi connectivity index (χ3n) is 3.15. The molecule has 21 heavy (non-hydrogen) atoms. The van der Waals surface area contributed by atoms with E-state index in [1.165, 1.54) is 17.8 Å². The molecular formula is C13H11ClN4O3. The van der Waals surface area contributed by atoms with Crippen LogP contribution in [0.1, 0.15) is 0 Å². The normalized spacial score (nSPS) is 11.0. The highest BCUT2D eigenvalue weighted by atomic mass is 35.5. The Hall–Kier alpha value is -2.54. The molecule has 0 fully saturated rings. The lowest BCUT2D eigenvalue weighted by molar-refractivity contribution is 0.528. The number of benzene rings is 1. The van der Waals surface area contributed by atoms with Crippen molar-refractivity contribution in [3.8, 4) is 0 Å². The lowest BCUT2D eigenvalue weighted by atomic mass is 10.2. The van der Waals surface area contributed by atoms with Gasteiger partial charge in [0.05, 0.1) is 17.4 Å². The molecule has 7 nitrogen and oxygen atoms in total. The van der Waals surface area contributed by atoms with E-state index >= 15 is 0 Å². The zero-order valence-corrected chi connectivity index (χ0v) is 12.0. The predicted octanol–water partition coefficient (Wildman–Crippen LogP) is 1.62. The van der Waals surface area contributed by atoms with E-state index in [1.54, 1.807) is 25.2 Å². The molecule has 0 bridgehead atoms. The van der Waals surface area contributed by atoms with Crippen molar-refractivity contribution in [2.75, 3.05) is 5.32 Å². The van der Waals surface area contributed by atoms with Crippen molar-refractivity contribution < 1.29 is 4.42 Å². The average Bonchev–Trinajstić information content (AvgIpc) is 2.74. The van der Waals surface area contributed by atoms with E-state index in [9.17, 15) is 9.59 Å². The lowest BCUT2D eigenvalue weighted by Crippen LogP contribution is -2.20. The number of halogens is 1. The monoisotopic (exact) mass is 306 g/mol. The average molecular weight is 307 g/mol. The summed E-state index contributed by atoms with van der Waals surface area (Å²) in [6, 6.07) is 5.15. The van der Waals surface area contributed by atoms with Gasteiger partial charge in [-0.1, -0.05) is 11.6 Å². The standard InChI is InChI=1S/C13H11ClN4O3/c1-17-9-4-3-7(5-10(9)21-13(17)20)16-8-6-15-18(2)12(19)11(8)14/h3-6,16H,1-2H3. The molecule has 3 rings (SSSR count). The van der Waals surface area contributed by atoms with Gasteiger partial charge in [-0.15, -0.1) is 0 Å². The highest BCUT2D eigenvalue weighted by Gasteiger charge is 2.10. The van der Waals surface area contributed by atoms with Crippen molar-refractivity contribution in [2.24, 2.45) is 14.1 Å². The van der Waals surface area contributed by atoms with Crippen LogP contribution in [0.4, 0.5) is 11.4 Å². The Kier molecular flexibility index (Phi) is 3.06. The first-order chi connectivity index (χ1) is 9.97. The number of nitrogens with zero attached hydrogens (tertiary/aromatic N) is 3. The quantitative estimate of drug-likeness (QED) is 0.778. The van der Waals surface area contributed by atoms with Crippen molar-refractivity contribution in [3.63, 3.8) is 0 Å². The van der Waals surface area contributed by atoms with Gasteiger partial charge in [0.2, 0.25) is 0 Å². The minimum atomic E-state index is -0.435. The smallest absolute Gasteiger partial charge is 0.408 e. The van der Waals surface area contributed by atoms with Crippen molar-refractivity contribution in [3.05, 3.63) is 50.3 Å². The van der Waals surface area contributed by atoms with E-state index in [2.05, 4.69) is 10.4 Å². The summed E-state index contributed by atoms with van der Waals surface area (Å²) in [6.45, 7) is 0. The fraction of sp³-hybridized carbons (Fsp3) is 0.154. The molecule has 108 valence electrons.